The molecule has 2 aliphatic heterocycles. The number of likely N-dealkylation sites (tertiary alicyclic amines) is 2. The van der Waals surface area contributed by atoms with Crippen molar-refractivity contribution in [1.29, 1.82) is 0 Å². The van der Waals surface area contributed by atoms with E-state index in [0.29, 0.717) is 17.9 Å². The minimum Gasteiger partial charge on any atom is -0.360 e. The van der Waals surface area contributed by atoms with E-state index in [2.05, 4.69) is 15.1 Å². The third-order valence-electron chi connectivity index (χ3n) is 6.87. The van der Waals surface area contributed by atoms with Crippen LogP contribution in [0.1, 0.15) is 57.8 Å². The fourth-order valence-corrected chi connectivity index (χ4v) is 5.69. The second-order valence-corrected chi connectivity index (χ2v) is 8.84. The van der Waals surface area contributed by atoms with Crippen LogP contribution in [0.5, 0.6) is 0 Å². The number of nitrogens with zero attached hydrogens (tertiary/aromatic N) is 2. The van der Waals surface area contributed by atoms with Crippen LogP contribution >= 0.6 is 12.2 Å². The van der Waals surface area contributed by atoms with Crippen LogP contribution in [0.2, 0.25) is 0 Å². The largest absolute Gasteiger partial charge is 0.360 e. The van der Waals surface area contributed by atoms with Crippen LogP contribution in [0.3, 0.4) is 0 Å². The molecule has 1 N–H and O–H groups in total. The predicted octanol–water partition coefficient (Wildman–Crippen LogP) is 2.77. The fourth-order valence-electron chi connectivity index (χ4n) is 5.35. The van der Waals surface area contributed by atoms with E-state index in [4.69, 9.17) is 12.2 Å². The number of thiocarbonyl (C=S) groups is 1. The van der Waals surface area contributed by atoms with Crippen LogP contribution in [-0.2, 0) is 4.79 Å². The van der Waals surface area contributed by atoms with Crippen LogP contribution in [0, 0.1) is 17.8 Å². The van der Waals surface area contributed by atoms with Gasteiger partial charge >= 0.3 is 0 Å². The third kappa shape index (κ3) is 3.56. The topological polar surface area (TPSA) is 35.6 Å². The molecular formula is C19H31N3OS. The Balaban J connectivity index is 1.19. The molecule has 0 spiro atoms. The molecule has 5 heteroatoms. The first kappa shape index (κ1) is 16.6. The number of piperidine rings is 1. The number of rotatable bonds is 3. The second kappa shape index (κ2) is 7.19. The average molecular weight is 350 g/mol. The van der Waals surface area contributed by atoms with Crippen molar-refractivity contribution in [2.24, 2.45) is 17.8 Å². The summed E-state index contributed by atoms with van der Waals surface area (Å²) in [5, 5.41) is 4.63. The summed E-state index contributed by atoms with van der Waals surface area (Å²) in [5.41, 5.74) is 0. The van der Waals surface area contributed by atoms with Gasteiger partial charge in [-0.05, 0) is 74.9 Å². The van der Waals surface area contributed by atoms with Crippen LogP contribution in [0.4, 0.5) is 0 Å². The summed E-state index contributed by atoms with van der Waals surface area (Å²) in [6, 6.07) is 0.630. The van der Waals surface area contributed by atoms with Crippen molar-refractivity contribution in [3.63, 3.8) is 0 Å². The van der Waals surface area contributed by atoms with Gasteiger partial charge in [0.05, 0.1) is 0 Å². The highest BCUT2D eigenvalue weighted by molar-refractivity contribution is 7.80. The molecule has 1 amide bonds. The summed E-state index contributed by atoms with van der Waals surface area (Å²) in [5.74, 6) is 2.76. The molecular weight excluding hydrogens is 318 g/mol. The Morgan fingerprint density at radius 1 is 0.958 bits per heavy atom. The molecule has 0 aromatic carbocycles. The molecule has 3 unspecified atom stereocenters. The molecule has 24 heavy (non-hydrogen) atoms. The molecule has 134 valence electrons. The van der Waals surface area contributed by atoms with Crippen molar-refractivity contribution in [2.75, 3.05) is 26.2 Å². The highest BCUT2D eigenvalue weighted by atomic mass is 32.1. The first-order valence-corrected chi connectivity index (χ1v) is 10.4. The molecule has 4 aliphatic rings. The zero-order chi connectivity index (χ0) is 16.5. The first-order chi connectivity index (χ1) is 11.7. The molecule has 3 atom stereocenters. The minimum atomic E-state index is 0.383. The molecule has 2 heterocycles. The Morgan fingerprint density at radius 2 is 1.71 bits per heavy atom. The van der Waals surface area contributed by atoms with Gasteiger partial charge < -0.3 is 15.1 Å². The van der Waals surface area contributed by atoms with Gasteiger partial charge in [-0.25, -0.2) is 0 Å². The second-order valence-electron chi connectivity index (χ2n) is 8.45. The Kier molecular flexibility index (Phi) is 4.98. The number of hydrogen-bond donors (Lipinski definition) is 1. The van der Waals surface area contributed by atoms with Gasteiger partial charge in [-0.3, -0.25) is 4.79 Å². The summed E-state index contributed by atoms with van der Waals surface area (Å²) in [6.07, 6.45) is 10.9. The van der Waals surface area contributed by atoms with Crippen molar-refractivity contribution in [3.05, 3.63) is 0 Å². The van der Waals surface area contributed by atoms with Crippen molar-refractivity contribution < 1.29 is 4.79 Å². The monoisotopic (exact) mass is 349 g/mol. The summed E-state index contributed by atoms with van der Waals surface area (Å²) >= 11 is 5.68. The smallest absolute Gasteiger partial charge is 0.222 e. The van der Waals surface area contributed by atoms with Gasteiger partial charge in [0.25, 0.3) is 0 Å². The first-order valence-electron chi connectivity index (χ1n) is 10.0. The van der Waals surface area contributed by atoms with E-state index in [1.165, 1.54) is 38.5 Å². The SMILES string of the molecule is O=C(CC1CCN(C(=S)NC2CC3CCC2C3)CC1)N1CCCC1. The molecule has 2 saturated carbocycles. The summed E-state index contributed by atoms with van der Waals surface area (Å²) in [6.45, 7) is 4.00. The van der Waals surface area contributed by atoms with Crippen molar-refractivity contribution in [1.82, 2.24) is 15.1 Å². The van der Waals surface area contributed by atoms with Gasteiger partial charge in [-0.1, -0.05) is 6.42 Å². The zero-order valence-electron chi connectivity index (χ0n) is 14.7. The van der Waals surface area contributed by atoms with Gasteiger partial charge in [-0.15, -0.1) is 0 Å². The van der Waals surface area contributed by atoms with E-state index >= 15 is 0 Å². The number of carbonyl (C=O) groups is 1. The maximum Gasteiger partial charge on any atom is 0.222 e. The Bertz CT molecular complexity index is 483. The molecule has 2 saturated heterocycles. The van der Waals surface area contributed by atoms with Crippen molar-refractivity contribution in [2.45, 2.75) is 63.8 Å². The lowest BCUT2D eigenvalue weighted by Gasteiger charge is -2.36. The molecule has 0 aromatic rings. The number of hydrogen-bond acceptors (Lipinski definition) is 2. The van der Waals surface area contributed by atoms with E-state index in [-0.39, 0.29) is 0 Å². The normalized spacial score (nSPS) is 33.2. The maximum atomic E-state index is 12.3. The number of fused-ring (bicyclic) bond motifs is 2. The zero-order valence-corrected chi connectivity index (χ0v) is 15.5. The standard InChI is InChI=1S/C19H31N3OS/c23-18(21-7-1-2-8-21)13-14-5-9-22(10-6-14)19(24)20-17-12-15-3-4-16(17)11-15/h14-17H,1-13H2,(H,20,24). The quantitative estimate of drug-likeness (QED) is 0.795. The lowest BCUT2D eigenvalue weighted by atomic mass is 9.93. The molecule has 2 aliphatic carbocycles. The number of nitrogens with one attached hydrogen (secondary N) is 1. The van der Waals surface area contributed by atoms with Crippen LogP contribution in [0.25, 0.3) is 0 Å². The Morgan fingerprint density at radius 3 is 2.33 bits per heavy atom. The van der Waals surface area contributed by atoms with Gasteiger partial charge in [-0.2, -0.15) is 0 Å². The van der Waals surface area contributed by atoms with E-state index in [1.807, 2.05) is 0 Å². The van der Waals surface area contributed by atoms with E-state index in [9.17, 15) is 4.79 Å². The molecule has 4 rings (SSSR count). The van der Waals surface area contributed by atoms with E-state index in [0.717, 1.165) is 62.4 Å². The van der Waals surface area contributed by atoms with Gasteiger partial charge in [0, 0.05) is 38.6 Å². The molecule has 4 fully saturated rings. The van der Waals surface area contributed by atoms with Crippen molar-refractivity contribution >= 4 is 23.2 Å². The van der Waals surface area contributed by atoms with E-state index in [1.54, 1.807) is 0 Å². The minimum absolute atomic E-state index is 0.383. The number of amides is 1. The van der Waals surface area contributed by atoms with Crippen molar-refractivity contribution in [3.8, 4) is 0 Å². The highest BCUT2D eigenvalue weighted by Gasteiger charge is 2.40. The highest BCUT2D eigenvalue weighted by Crippen LogP contribution is 2.44. The predicted molar refractivity (Wildman–Crippen MR) is 99.7 cm³/mol. The molecule has 0 aromatic heterocycles. The molecule has 0 radical (unpaired) electrons. The fraction of sp³-hybridized carbons (Fsp3) is 0.895. The molecule has 4 nitrogen and oxygen atoms in total. The molecule has 2 bridgehead atoms. The van der Waals surface area contributed by atoms with Crippen LogP contribution in [-0.4, -0.2) is 53.0 Å². The van der Waals surface area contributed by atoms with E-state index < -0.39 is 0 Å². The van der Waals surface area contributed by atoms with Crippen LogP contribution in [0.15, 0.2) is 0 Å². The third-order valence-corrected chi connectivity index (χ3v) is 7.25. The lowest BCUT2D eigenvalue weighted by molar-refractivity contribution is -0.131. The summed E-state index contributed by atoms with van der Waals surface area (Å²) in [7, 11) is 0. The average Bonchev–Trinajstić information content (AvgIpc) is 3.33. The summed E-state index contributed by atoms with van der Waals surface area (Å²) < 4.78 is 0. The maximum absolute atomic E-state index is 12.3. The van der Waals surface area contributed by atoms with Gasteiger partial charge in [0.1, 0.15) is 0 Å². The van der Waals surface area contributed by atoms with Crippen LogP contribution < -0.4 is 5.32 Å². The Hall–Kier alpha value is -0.840. The number of carbonyl (C=O) groups excluding carboxylic acids is 1. The summed E-state index contributed by atoms with van der Waals surface area (Å²) in [4.78, 5) is 16.7. The van der Waals surface area contributed by atoms with Gasteiger partial charge in [0.2, 0.25) is 5.91 Å². The van der Waals surface area contributed by atoms with Gasteiger partial charge in [0.15, 0.2) is 5.11 Å². The Labute approximate surface area is 151 Å². The lowest BCUT2D eigenvalue weighted by Crippen LogP contribution is -2.49.